The van der Waals surface area contributed by atoms with Crippen LogP contribution in [0.2, 0.25) is 0 Å². The largest absolute Gasteiger partial charge is 0.378 e. The molecule has 2 aliphatic rings. The lowest BCUT2D eigenvalue weighted by Crippen LogP contribution is -2.37. The van der Waals surface area contributed by atoms with Gasteiger partial charge in [-0.25, -0.2) is 4.39 Å². The Labute approximate surface area is 219 Å². The number of carbonyl (C=O) groups is 2. The van der Waals surface area contributed by atoms with Gasteiger partial charge >= 0.3 is 0 Å². The van der Waals surface area contributed by atoms with Crippen molar-refractivity contribution in [2.24, 2.45) is 0 Å². The standard InChI is InChI=1S/C30H39FN2O4/c1-2-3-4-5-6-7-14-32-15-19-36-21-17-33(18-22-37-20-16-32)26-13-9-11-24-28(26)30(35)27-23(29(24)34)10-8-12-25(27)31/h8-13H,2-7,14-22H2,1H3. The lowest BCUT2D eigenvalue weighted by molar-refractivity contribution is 0.0702. The quantitative estimate of drug-likeness (QED) is 0.392. The number of ether oxygens (including phenoxy) is 2. The Morgan fingerprint density at radius 2 is 1.32 bits per heavy atom. The molecule has 7 heteroatoms. The molecule has 2 aromatic rings. The van der Waals surface area contributed by atoms with Crippen molar-refractivity contribution in [2.45, 2.75) is 45.4 Å². The molecule has 1 saturated heterocycles. The van der Waals surface area contributed by atoms with Crippen LogP contribution in [-0.4, -0.2) is 75.6 Å². The van der Waals surface area contributed by atoms with E-state index in [2.05, 4.69) is 11.8 Å². The number of rotatable bonds is 8. The summed E-state index contributed by atoms with van der Waals surface area (Å²) in [6.45, 7) is 8.36. The lowest BCUT2D eigenvalue weighted by atomic mass is 9.82. The highest BCUT2D eigenvalue weighted by Crippen LogP contribution is 2.34. The van der Waals surface area contributed by atoms with E-state index >= 15 is 0 Å². The van der Waals surface area contributed by atoms with Gasteiger partial charge in [0.05, 0.1) is 37.6 Å². The molecular weight excluding hydrogens is 471 g/mol. The third-order valence-electron chi connectivity index (χ3n) is 7.28. The first-order valence-corrected chi connectivity index (χ1v) is 13.8. The van der Waals surface area contributed by atoms with Crippen LogP contribution < -0.4 is 4.90 Å². The zero-order valence-corrected chi connectivity index (χ0v) is 22.0. The maximum Gasteiger partial charge on any atom is 0.199 e. The van der Waals surface area contributed by atoms with Crippen molar-refractivity contribution in [3.8, 4) is 0 Å². The van der Waals surface area contributed by atoms with Gasteiger partial charge in [-0.3, -0.25) is 14.5 Å². The molecule has 1 heterocycles. The molecule has 1 aliphatic heterocycles. The second-order valence-electron chi connectivity index (χ2n) is 9.84. The molecule has 0 bridgehead atoms. The third kappa shape index (κ3) is 6.83. The smallest absolute Gasteiger partial charge is 0.199 e. The fourth-order valence-electron chi connectivity index (χ4n) is 5.19. The first kappa shape index (κ1) is 27.4. The number of fused-ring (bicyclic) bond motifs is 2. The van der Waals surface area contributed by atoms with Crippen LogP contribution in [0.25, 0.3) is 0 Å². The summed E-state index contributed by atoms with van der Waals surface area (Å²) in [6, 6.07) is 9.46. The van der Waals surface area contributed by atoms with Crippen molar-refractivity contribution in [1.82, 2.24) is 4.90 Å². The summed E-state index contributed by atoms with van der Waals surface area (Å²) in [5, 5.41) is 0. The van der Waals surface area contributed by atoms with Gasteiger partial charge in [0, 0.05) is 43.0 Å². The van der Waals surface area contributed by atoms with Gasteiger partial charge in [-0.1, -0.05) is 63.3 Å². The first-order chi connectivity index (χ1) is 18.1. The van der Waals surface area contributed by atoms with Crippen molar-refractivity contribution in [3.63, 3.8) is 0 Å². The van der Waals surface area contributed by atoms with Crippen molar-refractivity contribution < 1.29 is 23.5 Å². The van der Waals surface area contributed by atoms with E-state index in [4.69, 9.17) is 9.47 Å². The van der Waals surface area contributed by atoms with Crippen LogP contribution in [0, 0.1) is 5.82 Å². The monoisotopic (exact) mass is 510 g/mol. The highest BCUT2D eigenvalue weighted by atomic mass is 19.1. The zero-order valence-electron chi connectivity index (χ0n) is 22.0. The van der Waals surface area contributed by atoms with Gasteiger partial charge in [-0.2, -0.15) is 0 Å². The predicted octanol–water partition coefficient (Wildman–Crippen LogP) is 5.12. The van der Waals surface area contributed by atoms with Crippen molar-refractivity contribution in [2.75, 3.05) is 64.1 Å². The summed E-state index contributed by atoms with van der Waals surface area (Å²) in [5.74, 6) is -1.43. The highest BCUT2D eigenvalue weighted by molar-refractivity contribution is 6.30. The van der Waals surface area contributed by atoms with E-state index in [9.17, 15) is 14.0 Å². The molecule has 0 amide bonds. The van der Waals surface area contributed by atoms with Crippen LogP contribution in [0.4, 0.5) is 10.1 Å². The predicted molar refractivity (Wildman–Crippen MR) is 143 cm³/mol. The molecule has 2 aromatic carbocycles. The molecule has 0 N–H and O–H groups in total. The number of hydrogen-bond donors (Lipinski definition) is 0. The van der Waals surface area contributed by atoms with E-state index in [1.54, 1.807) is 12.1 Å². The molecule has 1 fully saturated rings. The Hall–Kier alpha value is -2.61. The maximum atomic E-state index is 14.6. The summed E-state index contributed by atoms with van der Waals surface area (Å²) in [5.41, 5.74) is 1.19. The molecule has 200 valence electrons. The lowest BCUT2D eigenvalue weighted by Gasteiger charge is -2.30. The number of nitrogens with zero attached hydrogens (tertiary/aromatic N) is 2. The SMILES string of the molecule is CCCCCCCCN1CCOCCN(c2cccc3c2C(=O)c2c(F)cccc2C3=O)CCOCC1. The summed E-state index contributed by atoms with van der Waals surface area (Å²) < 4.78 is 26.6. The molecule has 0 saturated carbocycles. The van der Waals surface area contributed by atoms with Crippen molar-refractivity contribution >= 4 is 17.3 Å². The van der Waals surface area contributed by atoms with E-state index < -0.39 is 11.6 Å². The molecule has 4 rings (SSSR count). The first-order valence-electron chi connectivity index (χ1n) is 13.8. The average molecular weight is 511 g/mol. The normalized spacial score (nSPS) is 17.6. The van der Waals surface area contributed by atoms with Crippen LogP contribution in [-0.2, 0) is 9.47 Å². The summed E-state index contributed by atoms with van der Waals surface area (Å²) in [4.78, 5) is 31.0. The van der Waals surface area contributed by atoms with Gasteiger partial charge in [0.2, 0.25) is 0 Å². The summed E-state index contributed by atoms with van der Waals surface area (Å²) >= 11 is 0. The molecule has 1 aliphatic carbocycles. The van der Waals surface area contributed by atoms with E-state index in [1.165, 1.54) is 56.7 Å². The number of hydrogen-bond acceptors (Lipinski definition) is 6. The topological polar surface area (TPSA) is 59.1 Å². The molecule has 0 unspecified atom stereocenters. The van der Waals surface area contributed by atoms with E-state index in [0.29, 0.717) is 50.8 Å². The number of benzene rings is 2. The molecule has 0 spiro atoms. The van der Waals surface area contributed by atoms with Gasteiger partial charge in [0.15, 0.2) is 11.6 Å². The van der Waals surface area contributed by atoms with Crippen LogP contribution in [0.1, 0.15) is 77.3 Å². The minimum atomic E-state index is -0.665. The fraction of sp³-hybridized carbons (Fsp3) is 0.533. The Balaban J connectivity index is 1.40. The Morgan fingerprint density at radius 3 is 2.03 bits per heavy atom. The second-order valence-corrected chi connectivity index (χ2v) is 9.84. The fourth-order valence-corrected chi connectivity index (χ4v) is 5.19. The number of anilines is 1. The van der Waals surface area contributed by atoms with Gasteiger partial charge in [-0.05, 0) is 25.1 Å². The minimum Gasteiger partial charge on any atom is -0.378 e. The van der Waals surface area contributed by atoms with E-state index in [0.717, 1.165) is 19.6 Å². The highest BCUT2D eigenvalue weighted by Gasteiger charge is 2.34. The third-order valence-corrected chi connectivity index (χ3v) is 7.28. The average Bonchev–Trinajstić information content (AvgIpc) is 2.90. The summed E-state index contributed by atoms with van der Waals surface area (Å²) in [6.07, 6.45) is 7.69. The van der Waals surface area contributed by atoms with Gasteiger partial charge < -0.3 is 14.4 Å². The Kier molecular flexibility index (Phi) is 10.2. The van der Waals surface area contributed by atoms with Crippen LogP contribution in [0.5, 0.6) is 0 Å². The molecule has 0 aromatic heterocycles. The summed E-state index contributed by atoms with van der Waals surface area (Å²) in [7, 11) is 0. The maximum absolute atomic E-state index is 14.6. The van der Waals surface area contributed by atoms with Crippen LogP contribution in [0.3, 0.4) is 0 Å². The zero-order chi connectivity index (χ0) is 26.0. The molecule has 6 nitrogen and oxygen atoms in total. The van der Waals surface area contributed by atoms with Crippen LogP contribution in [0.15, 0.2) is 36.4 Å². The number of unbranched alkanes of at least 4 members (excludes halogenated alkanes) is 5. The molecular formula is C30H39FN2O4. The minimum absolute atomic E-state index is 0.125. The second kappa shape index (κ2) is 13.8. The van der Waals surface area contributed by atoms with Crippen molar-refractivity contribution in [1.29, 1.82) is 0 Å². The number of halogens is 1. The van der Waals surface area contributed by atoms with Gasteiger partial charge in [-0.15, -0.1) is 0 Å². The Bertz CT molecular complexity index is 1060. The molecule has 37 heavy (non-hydrogen) atoms. The number of ketones is 2. The Morgan fingerprint density at radius 1 is 0.730 bits per heavy atom. The van der Waals surface area contributed by atoms with E-state index in [1.807, 2.05) is 11.0 Å². The van der Waals surface area contributed by atoms with Gasteiger partial charge in [0.1, 0.15) is 5.82 Å². The van der Waals surface area contributed by atoms with Crippen molar-refractivity contribution in [3.05, 3.63) is 64.5 Å². The molecule has 0 radical (unpaired) electrons. The number of carbonyl (C=O) groups excluding carboxylic acids is 2. The van der Waals surface area contributed by atoms with Gasteiger partial charge in [0.25, 0.3) is 0 Å². The molecule has 0 atom stereocenters. The van der Waals surface area contributed by atoms with E-state index in [-0.39, 0.29) is 22.5 Å². The van der Waals surface area contributed by atoms with Crippen LogP contribution >= 0.6 is 0 Å².